The molecule has 7 nitrogen and oxygen atoms in total. The highest BCUT2D eigenvalue weighted by atomic mass is 15.4. The summed E-state index contributed by atoms with van der Waals surface area (Å²) in [6.45, 7) is 0. The molecule has 1 aliphatic carbocycles. The molecule has 0 atom stereocenters. The largest absolute Gasteiger partial charge is 0.369 e. The SMILES string of the molecule is Cn1ccc(-c2cccc(N3C(N)=NC(N)=NC34CCCCC4)c2)n1. The summed E-state index contributed by atoms with van der Waals surface area (Å²) in [6.07, 6.45) is 7.23. The van der Waals surface area contributed by atoms with Gasteiger partial charge in [-0.25, -0.2) is 4.99 Å². The second-order valence-corrected chi connectivity index (χ2v) is 6.74. The Kier molecular flexibility index (Phi) is 3.71. The van der Waals surface area contributed by atoms with Crippen LogP contribution >= 0.6 is 0 Å². The summed E-state index contributed by atoms with van der Waals surface area (Å²) in [5.41, 5.74) is 14.8. The molecule has 1 spiro atoms. The van der Waals surface area contributed by atoms with Crippen LogP contribution in [0.25, 0.3) is 11.3 Å². The first kappa shape index (κ1) is 15.7. The van der Waals surface area contributed by atoms with E-state index in [0.29, 0.717) is 5.96 Å². The molecule has 0 radical (unpaired) electrons. The average molecular weight is 337 g/mol. The smallest absolute Gasteiger partial charge is 0.220 e. The van der Waals surface area contributed by atoms with Crippen molar-refractivity contribution in [2.75, 3.05) is 4.90 Å². The third-order valence-corrected chi connectivity index (χ3v) is 4.97. The van der Waals surface area contributed by atoms with Crippen LogP contribution in [0.3, 0.4) is 0 Å². The molecule has 25 heavy (non-hydrogen) atoms. The maximum Gasteiger partial charge on any atom is 0.220 e. The van der Waals surface area contributed by atoms with Gasteiger partial charge in [0.05, 0.1) is 5.69 Å². The number of hydrogen-bond donors (Lipinski definition) is 2. The van der Waals surface area contributed by atoms with Gasteiger partial charge in [-0.3, -0.25) is 9.58 Å². The topological polar surface area (TPSA) is 97.8 Å². The Morgan fingerprint density at radius 2 is 1.88 bits per heavy atom. The summed E-state index contributed by atoms with van der Waals surface area (Å²) < 4.78 is 1.80. The maximum atomic E-state index is 6.30. The molecule has 130 valence electrons. The van der Waals surface area contributed by atoms with Crippen LogP contribution in [0.2, 0.25) is 0 Å². The molecule has 1 saturated carbocycles. The van der Waals surface area contributed by atoms with Crippen molar-refractivity contribution in [2.45, 2.75) is 37.8 Å². The number of guanidine groups is 2. The minimum Gasteiger partial charge on any atom is -0.369 e. The van der Waals surface area contributed by atoms with Gasteiger partial charge in [0, 0.05) is 24.5 Å². The van der Waals surface area contributed by atoms with E-state index in [0.717, 1.165) is 42.6 Å². The highest BCUT2D eigenvalue weighted by molar-refractivity contribution is 6.05. The fourth-order valence-electron chi connectivity index (χ4n) is 3.87. The van der Waals surface area contributed by atoms with E-state index in [4.69, 9.17) is 16.5 Å². The zero-order valence-electron chi connectivity index (χ0n) is 14.4. The minimum absolute atomic E-state index is 0.275. The molecule has 2 aromatic rings. The number of nitrogens with two attached hydrogens (primary N) is 2. The van der Waals surface area contributed by atoms with Gasteiger partial charge in [0.1, 0.15) is 5.66 Å². The Morgan fingerprint density at radius 3 is 2.60 bits per heavy atom. The molecule has 4 N–H and O–H groups in total. The molecule has 0 unspecified atom stereocenters. The highest BCUT2D eigenvalue weighted by Gasteiger charge is 2.42. The van der Waals surface area contributed by atoms with Crippen LogP contribution in [0, 0.1) is 0 Å². The number of aryl methyl sites for hydroxylation is 1. The van der Waals surface area contributed by atoms with E-state index in [1.807, 2.05) is 37.5 Å². The average Bonchev–Trinajstić information content (AvgIpc) is 3.01. The Morgan fingerprint density at radius 1 is 1.08 bits per heavy atom. The lowest BCUT2D eigenvalue weighted by Gasteiger charge is -2.45. The van der Waals surface area contributed by atoms with Crippen molar-refractivity contribution in [1.82, 2.24) is 9.78 Å². The molecule has 2 aliphatic rings. The standard InChI is InChI=1S/C18H23N7/c1-24-11-8-15(23-24)13-6-5-7-14(12-13)25-17(20)21-16(19)22-18(25)9-3-2-4-10-18/h5-8,11-12H,2-4,9-10H2,1H3,(H4,19,20,21,22). The second kappa shape index (κ2) is 5.91. The number of aliphatic imine (C=N–C) groups is 2. The lowest BCUT2D eigenvalue weighted by atomic mass is 9.87. The van der Waals surface area contributed by atoms with Crippen molar-refractivity contribution >= 4 is 17.6 Å². The fourth-order valence-corrected chi connectivity index (χ4v) is 3.87. The van der Waals surface area contributed by atoms with Gasteiger partial charge >= 0.3 is 0 Å². The van der Waals surface area contributed by atoms with Gasteiger partial charge < -0.3 is 11.5 Å². The fraction of sp³-hybridized carbons (Fsp3) is 0.389. The zero-order valence-corrected chi connectivity index (χ0v) is 14.4. The van der Waals surface area contributed by atoms with E-state index in [-0.39, 0.29) is 5.96 Å². The van der Waals surface area contributed by atoms with Gasteiger partial charge in [-0.1, -0.05) is 18.6 Å². The van der Waals surface area contributed by atoms with Crippen LogP contribution < -0.4 is 16.4 Å². The molecule has 0 bridgehead atoms. The number of benzene rings is 1. The van der Waals surface area contributed by atoms with Crippen molar-refractivity contribution < 1.29 is 0 Å². The van der Waals surface area contributed by atoms with Gasteiger partial charge in [0.2, 0.25) is 11.9 Å². The highest BCUT2D eigenvalue weighted by Crippen LogP contribution is 2.40. The molecular formula is C18H23N7. The molecule has 4 rings (SSSR count). The molecule has 1 aromatic heterocycles. The van der Waals surface area contributed by atoms with Gasteiger partial charge in [-0.15, -0.1) is 0 Å². The third-order valence-electron chi connectivity index (χ3n) is 4.97. The monoisotopic (exact) mass is 337 g/mol. The predicted molar refractivity (Wildman–Crippen MR) is 100 cm³/mol. The first-order valence-electron chi connectivity index (χ1n) is 8.67. The maximum absolute atomic E-state index is 6.30. The van der Waals surface area contributed by atoms with Crippen molar-refractivity contribution in [3.05, 3.63) is 36.5 Å². The van der Waals surface area contributed by atoms with Crippen LogP contribution in [0.15, 0.2) is 46.5 Å². The molecule has 1 aliphatic heterocycles. The van der Waals surface area contributed by atoms with Crippen molar-refractivity contribution in [3.63, 3.8) is 0 Å². The van der Waals surface area contributed by atoms with E-state index >= 15 is 0 Å². The molecule has 1 fully saturated rings. The molecular weight excluding hydrogens is 314 g/mol. The normalized spacial score (nSPS) is 19.6. The van der Waals surface area contributed by atoms with Crippen LogP contribution in [0.4, 0.5) is 5.69 Å². The summed E-state index contributed by atoms with van der Waals surface area (Å²) in [4.78, 5) is 11.0. The van der Waals surface area contributed by atoms with Crippen molar-refractivity contribution in [2.24, 2.45) is 28.5 Å². The van der Waals surface area contributed by atoms with Gasteiger partial charge in [-0.05, 0) is 43.9 Å². The van der Waals surface area contributed by atoms with Gasteiger partial charge in [0.25, 0.3) is 0 Å². The molecule has 7 heteroatoms. The van der Waals surface area contributed by atoms with Crippen LogP contribution in [0.1, 0.15) is 32.1 Å². The quantitative estimate of drug-likeness (QED) is 0.877. The van der Waals surface area contributed by atoms with Crippen molar-refractivity contribution in [3.8, 4) is 11.3 Å². The van der Waals surface area contributed by atoms with E-state index in [1.165, 1.54) is 6.42 Å². The van der Waals surface area contributed by atoms with Crippen molar-refractivity contribution in [1.29, 1.82) is 0 Å². The molecule has 1 aromatic carbocycles. The Hall–Kier alpha value is -2.83. The van der Waals surface area contributed by atoms with Crippen LogP contribution in [-0.2, 0) is 7.05 Å². The number of hydrogen-bond acceptors (Lipinski definition) is 6. The second-order valence-electron chi connectivity index (χ2n) is 6.74. The number of anilines is 1. The molecule has 2 heterocycles. The summed E-state index contributed by atoms with van der Waals surface area (Å²) >= 11 is 0. The lowest BCUT2D eigenvalue weighted by Crippen LogP contribution is -2.58. The number of aromatic nitrogens is 2. The molecule has 0 amide bonds. The van der Waals surface area contributed by atoms with E-state index < -0.39 is 5.66 Å². The van der Waals surface area contributed by atoms with E-state index in [1.54, 1.807) is 4.68 Å². The summed E-state index contributed by atoms with van der Waals surface area (Å²) in [5, 5.41) is 4.49. The third kappa shape index (κ3) is 2.75. The summed E-state index contributed by atoms with van der Waals surface area (Å²) in [7, 11) is 1.91. The number of nitrogens with zero attached hydrogens (tertiary/aromatic N) is 5. The van der Waals surface area contributed by atoms with E-state index in [2.05, 4.69) is 21.1 Å². The van der Waals surface area contributed by atoms with E-state index in [9.17, 15) is 0 Å². The van der Waals surface area contributed by atoms with Crippen LogP contribution in [-0.4, -0.2) is 27.4 Å². The van der Waals surface area contributed by atoms with Gasteiger partial charge in [-0.2, -0.15) is 10.1 Å². The minimum atomic E-state index is -0.420. The first-order chi connectivity index (χ1) is 12.1. The Labute approximate surface area is 147 Å². The summed E-state index contributed by atoms with van der Waals surface area (Å²) in [6, 6.07) is 10.2. The summed E-state index contributed by atoms with van der Waals surface area (Å²) in [5.74, 6) is 0.684. The Bertz CT molecular complexity index is 843. The zero-order chi connectivity index (χ0) is 17.4. The number of rotatable bonds is 2. The molecule has 0 saturated heterocycles. The van der Waals surface area contributed by atoms with Gasteiger partial charge in [0.15, 0.2) is 0 Å². The Balaban J connectivity index is 1.78. The van der Waals surface area contributed by atoms with Crippen LogP contribution in [0.5, 0.6) is 0 Å². The lowest BCUT2D eigenvalue weighted by molar-refractivity contribution is 0.305. The first-order valence-corrected chi connectivity index (χ1v) is 8.67. The predicted octanol–water partition coefficient (Wildman–Crippen LogP) is 2.20.